The summed E-state index contributed by atoms with van der Waals surface area (Å²) < 4.78 is 14.0. The Balaban J connectivity index is 2.59. The normalized spacial score (nSPS) is 10.4. The van der Waals surface area contributed by atoms with Crippen LogP contribution in [0, 0.1) is 5.82 Å². The van der Waals surface area contributed by atoms with Crippen molar-refractivity contribution in [2.45, 2.75) is 0 Å². The number of aromatic nitrogens is 2. The number of benzene rings is 1. The molecular weight excluding hydrogens is 233 g/mol. The van der Waals surface area contributed by atoms with E-state index in [-0.39, 0.29) is 10.7 Å². The zero-order valence-electron chi connectivity index (χ0n) is 8.02. The number of nitrogens with zero attached hydrogens (tertiary/aromatic N) is 2. The van der Waals surface area contributed by atoms with Crippen LogP contribution in [0.25, 0.3) is 5.69 Å². The summed E-state index contributed by atoms with van der Waals surface area (Å²) in [6.07, 6.45) is 1.33. The van der Waals surface area contributed by atoms with Crippen LogP contribution in [0.5, 0.6) is 0 Å². The first kappa shape index (κ1) is 10.6. The van der Waals surface area contributed by atoms with Gasteiger partial charge in [-0.1, -0.05) is 11.6 Å². The fourth-order valence-corrected chi connectivity index (χ4v) is 1.41. The third kappa shape index (κ3) is 1.90. The molecule has 6 heteroatoms. The van der Waals surface area contributed by atoms with Crippen molar-refractivity contribution in [3.05, 3.63) is 51.7 Å². The van der Waals surface area contributed by atoms with Crippen molar-refractivity contribution >= 4 is 17.3 Å². The quantitative estimate of drug-likeness (QED) is 0.822. The van der Waals surface area contributed by atoms with Crippen LogP contribution in [0.4, 0.5) is 10.1 Å². The Morgan fingerprint density at radius 2 is 2.12 bits per heavy atom. The van der Waals surface area contributed by atoms with E-state index in [1.807, 2.05) is 0 Å². The Labute approximate surface area is 95.1 Å². The largest absolute Gasteiger partial charge is 0.397 e. The second kappa shape index (κ2) is 3.94. The average Bonchev–Trinajstić information content (AvgIpc) is 2.22. The van der Waals surface area contributed by atoms with Gasteiger partial charge < -0.3 is 5.73 Å². The van der Waals surface area contributed by atoms with Crippen LogP contribution in [-0.4, -0.2) is 9.78 Å². The van der Waals surface area contributed by atoms with Crippen LogP contribution in [0.15, 0.2) is 35.3 Å². The highest BCUT2D eigenvalue weighted by molar-refractivity contribution is 6.30. The summed E-state index contributed by atoms with van der Waals surface area (Å²) >= 11 is 5.60. The average molecular weight is 240 g/mol. The van der Waals surface area contributed by atoms with Gasteiger partial charge in [-0.25, -0.2) is 4.39 Å². The summed E-state index contributed by atoms with van der Waals surface area (Å²) in [5, 5.41) is 3.75. The van der Waals surface area contributed by atoms with Crippen molar-refractivity contribution in [3.63, 3.8) is 0 Å². The molecule has 0 radical (unpaired) electrons. The van der Waals surface area contributed by atoms with E-state index in [0.717, 1.165) is 4.68 Å². The molecule has 1 heterocycles. The lowest BCUT2D eigenvalue weighted by molar-refractivity contribution is 0.627. The first-order valence-corrected chi connectivity index (χ1v) is 4.76. The zero-order chi connectivity index (χ0) is 11.7. The molecule has 0 aliphatic heterocycles. The van der Waals surface area contributed by atoms with Gasteiger partial charge in [0.15, 0.2) is 0 Å². The van der Waals surface area contributed by atoms with Crippen molar-refractivity contribution in [2.24, 2.45) is 0 Å². The number of hydrogen-bond donors (Lipinski definition) is 1. The van der Waals surface area contributed by atoms with Gasteiger partial charge in [0.2, 0.25) is 0 Å². The van der Waals surface area contributed by atoms with E-state index in [4.69, 9.17) is 17.3 Å². The smallest absolute Gasteiger partial charge is 0.273 e. The minimum atomic E-state index is -0.547. The van der Waals surface area contributed by atoms with Gasteiger partial charge in [0.05, 0.1) is 22.6 Å². The fraction of sp³-hybridized carbons (Fsp3) is 0. The lowest BCUT2D eigenvalue weighted by Gasteiger charge is -2.04. The predicted octanol–water partition coefficient (Wildman–Crippen LogP) is 1.61. The molecule has 0 bridgehead atoms. The Bertz CT molecular complexity index is 597. The molecule has 0 amide bonds. The molecule has 0 fully saturated rings. The van der Waals surface area contributed by atoms with Crippen molar-refractivity contribution in [1.29, 1.82) is 0 Å². The van der Waals surface area contributed by atoms with Gasteiger partial charge in [0.1, 0.15) is 5.82 Å². The van der Waals surface area contributed by atoms with Crippen LogP contribution in [0.3, 0.4) is 0 Å². The molecular formula is C10H7ClFN3O. The Morgan fingerprint density at radius 3 is 2.75 bits per heavy atom. The second-order valence-electron chi connectivity index (χ2n) is 3.14. The van der Waals surface area contributed by atoms with Gasteiger partial charge >= 0.3 is 0 Å². The molecule has 0 unspecified atom stereocenters. The number of nitrogens with two attached hydrogens (primary N) is 1. The standard InChI is InChI=1S/C10H7ClFN3O/c11-8-4-7(1-2-9(8)12)15-10(16)3-6(13)5-14-15/h1-5H,13H2. The highest BCUT2D eigenvalue weighted by Crippen LogP contribution is 2.17. The SMILES string of the molecule is Nc1cnn(-c2ccc(F)c(Cl)c2)c(=O)c1. The number of halogens is 2. The monoisotopic (exact) mass is 239 g/mol. The number of anilines is 1. The van der Waals surface area contributed by atoms with Crippen molar-refractivity contribution in [2.75, 3.05) is 5.73 Å². The van der Waals surface area contributed by atoms with Crippen LogP contribution in [0.1, 0.15) is 0 Å². The first-order valence-electron chi connectivity index (χ1n) is 4.38. The molecule has 1 aromatic heterocycles. The molecule has 1 aromatic carbocycles. The molecule has 16 heavy (non-hydrogen) atoms. The van der Waals surface area contributed by atoms with E-state index in [2.05, 4.69) is 5.10 Å². The van der Waals surface area contributed by atoms with Gasteiger partial charge in [0, 0.05) is 6.07 Å². The van der Waals surface area contributed by atoms with Gasteiger partial charge in [-0.15, -0.1) is 0 Å². The summed E-state index contributed by atoms with van der Waals surface area (Å²) in [7, 11) is 0. The minimum absolute atomic E-state index is 0.0666. The topological polar surface area (TPSA) is 60.9 Å². The van der Waals surface area contributed by atoms with Gasteiger partial charge in [0.25, 0.3) is 5.56 Å². The fourth-order valence-electron chi connectivity index (χ4n) is 1.23. The van der Waals surface area contributed by atoms with Crippen LogP contribution in [-0.2, 0) is 0 Å². The van der Waals surface area contributed by atoms with Crippen LogP contribution >= 0.6 is 11.6 Å². The van der Waals surface area contributed by atoms with Crippen molar-refractivity contribution in [3.8, 4) is 5.69 Å². The molecule has 0 atom stereocenters. The third-order valence-electron chi connectivity index (χ3n) is 1.97. The van der Waals surface area contributed by atoms with E-state index >= 15 is 0 Å². The third-order valence-corrected chi connectivity index (χ3v) is 2.26. The summed E-state index contributed by atoms with van der Waals surface area (Å²) in [6, 6.07) is 5.12. The molecule has 2 rings (SSSR count). The summed E-state index contributed by atoms with van der Waals surface area (Å²) in [5.74, 6) is -0.547. The zero-order valence-corrected chi connectivity index (χ0v) is 8.78. The van der Waals surface area contributed by atoms with E-state index in [0.29, 0.717) is 5.69 Å². The lowest BCUT2D eigenvalue weighted by Crippen LogP contribution is -2.20. The van der Waals surface area contributed by atoms with E-state index in [1.165, 1.54) is 30.5 Å². The molecule has 0 aliphatic carbocycles. The Hall–Kier alpha value is -1.88. The molecule has 0 spiro atoms. The highest BCUT2D eigenvalue weighted by Gasteiger charge is 2.05. The summed E-state index contributed by atoms with van der Waals surface area (Å²) in [5.41, 5.74) is 5.66. The molecule has 2 aromatic rings. The molecule has 0 saturated carbocycles. The molecule has 2 N–H and O–H groups in total. The van der Waals surface area contributed by atoms with Gasteiger partial charge in [-0.05, 0) is 18.2 Å². The second-order valence-corrected chi connectivity index (χ2v) is 3.54. The number of rotatable bonds is 1. The van der Waals surface area contributed by atoms with Crippen molar-refractivity contribution in [1.82, 2.24) is 9.78 Å². The van der Waals surface area contributed by atoms with E-state index in [9.17, 15) is 9.18 Å². The maximum atomic E-state index is 12.9. The van der Waals surface area contributed by atoms with E-state index < -0.39 is 11.4 Å². The minimum Gasteiger partial charge on any atom is -0.397 e. The molecule has 0 saturated heterocycles. The Morgan fingerprint density at radius 1 is 1.38 bits per heavy atom. The molecule has 4 nitrogen and oxygen atoms in total. The van der Waals surface area contributed by atoms with Crippen LogP contribution < -0.4 is 11.3 Å². The lowest BCUT2D eigenvalue weighted by atomic mass is 10.3. The first-order chi connectivity index (χ1) is 7.58. The number of nitrogen functional groups attached to an aromatic ring is 1. The molecule has 82 valence electrons. The number of hydrogen-bond acceptors (Lipinski definition) is 3. The van der Waals surface area contributed by atoms with Gasteiger partial charge in [-0.3, -0.25) is 4.79 Å². The maximum Gasteiger partial charge on any atom is 0.273 e. The van der Waals surface area contributed by atoms with E-state index in [1.54, 1.807) is 0 Å². The van der Waals surface area contributed by atoms with Gasteiger partial charge in [-0.2, -0.15) is 9.78 Å². The summed E-state index contributed by atoms with van der Waals surface area (Å²) in [4.78, 5) is 11.5. The van der Waals surface area contributed by atoms with Crippen LogP contribution in [0.2, 0.25) is 5.02 Å². The highest BCUT2D eigenvalue weighted by atomic mass is 35.5. The summed E-state index contributed by atoms with van der Waals surface area (Å²) in [6.45, 7) is 0. The maximum absolute atomic E-state index is 12.9. The predicted molar refractivity (Wildman–Crippen MR) is 59.2 cm³/mol. The molecule has 0 aliphatic rings. The Kier molecular flexibility index (Phi) is 2.62. The van der Waals surface area contributed by atoms with Crippen molar-refractivity contribution < 1.29 is 4.39 Å².